The Hall–Kier alpha value is -3.32. The lowest BCUT2D eigenvalue weighted by Crippen LogP contribution is -2.43. The van der Waals surface area contributed by atoms with E-state index >= 15 is 0 Å². The van der Waals surface area contributed by atoms with Crippen LogP contribution in [0, 0.1) is 23.2 Å². The van der Waals surface area contributed by atoms with Crippen LogP contribution in [0.3, 0.4) is 0 Å². The first-order chi connectivity index (χ1) is 16.7. The highest BCUT2D eigenvalue weighted by Crippen LogP contribution is 2.39. The predicted molar refractivity (Wildman–Crippen MR) is 126 cm³/mol. The van der Waals surface area contributed by atoms with Gasteiger partial charge >= 0.3 is 6.18 Å². The van der Waals surface area contributed by atoms with Crippen LogP contribution in [0.2, 0.25) is 0 Å². The second kappa shape index (κ2) is 9.04. The van der Waals surface area contributed by atoms with E-state index in [4.69, 9.17) is 0 Å². The molecule has 2 heterocycles. The number of aromatic amines is 1. The molecule has 3 N–H and O–H groups in total. The summed E-state index contributed by atoms with van der Waals surface area (Å²) >= 11 is 0. The van der Waals surface area contributed by atoms with Gasteiger partial charge in [-0.1, -0.05) is 0 Å². The molecule has 3 aromatic rings. The van der Waals surface area contributed by atoms with Crippen molar-refractivity contribution in [2.24, 2.45) is 11.8 Å². The zero-order chi connectivity index (χ0) is 24.7. The summed E-state index contributed by atoms with van der Waals surface area (Å²) in [5.74, 6) is 0.698. The molecule has 10 heteroatoms. The average molecular weight is 485 g/mol. The van der Waals surface area contributed by atoms with Gasteiger partial charge in [-0.05, 0) is 75.3 Å². The molecule has 2 fully saturated rings. The number of hydrogen-bond donors (Lipinski definition) is 3. The average Bonchev–Trinajstić information content (AvgIpc) is 3.62. The molecule has 2 aliphatic carbocycles. The number of nitrogens with zero attached hydrogens (tertiary/aromatic N) is 3. The van der Waals surface area contributed by atoms with Gasteiger partial charge in [-0.25, -0.2) is 0 Å². The first-order valence-electron chi connectivity index (χ1n) is 11.9. The Morgan fingerprint density at radius 1 is 1.17 bits per heavy atom. The van der Waals surface area contributed by atoms with Crippen LogP contribution in [0.25, 0.3) is 10.9 Å². The van der Waals surface area contributed by atoms with Crippen molar-refractivity contribution in [3.8, 4) is 6.07 Å². The fourth-order valence-corrected chi connectivity index (χ4v) is 5.16. The number of fused-ring (bicyclic) bond motifs is 1. The first-order valence-corrected chi connectivity index (χ1v) is 11.9. The van der Waals surface area contributed by atoms with Crippen molar-refractivity contribution in [1.29, 1.82) is 5.26 Å². The monoisotopic (exact) mass is 484 g/mol. The fourth-order valence-electron chi connectivity index (χ4n) is 5.16. The highest BCUT2D eigenvalue weighted by molar-refractivity contribution is 5.91. The lowest BCUT2D eigenvalue weighted by atomic mass is 9.82. The molecule has 35 heavy (non-hydrogen) atoms. The Morgan fingerprint density at radius 2 is 1.91 bits per heavy atom. The zero-order valence-electron chi connectivity index (χ0n) is 19.3. The van der Waals surface area contributed by atoms with Crippen molar-refractivity contribution < 1.29 is 13.2 Å². The van der Waals surface area contributed by atoms with E-state index in [1.807, 2.05) is 0 Å². The second-order valence-corrected chi connectivity index (χ2v) is 9.67. The molecule has 0 amide bonds. The Kier molecular flexibility index (Phi) is 6.05. The van der Waals surface area contributed by atoms with Gasteiger partial charge in [0.1, 0.15) is 5.39 Å². The number of nitrogens with one attached hydrogen (secondary N) is 3. The summed E-state index contributed by atoms with van der Waals surface area (Å²) in [4.78, 5) is 15.3. The van der Waals surface area contributed by atoms with Gasteiger partial charge < -0.3 is 15.6 Å². The molecule has 0 saturated heterocycles. The fraction of sp³-hybridized carbons (Fsp3) is 0.480. The quantitative estimate of drug-likeness (QED) is 0.452. The molecule has 2 saturated carbocycles. The van der Waals surface area contributed by atoms with Crippen molar-refractivity contribution in [3.05, 3.63) is 52.4 Å². The summed E-state index contributed by atoms with van der Waals surface area (Å²) in [5.41, 5.74) is -0.141. The minimum atomic E-state index is -4.43. The normalized spacial score (nSPS) is 23.7. The van der Waals surface area contributed by atoms with Crippen LogP contribution >= 0.6 is 0 Å². The largest absolute Gasteiger partial charge is 0.416 e. The van der Waals surface area contributed by atoms with Gasteiger partial charge in [0.2, 0.25) is 0 Å². The van der Waals surface area contributed by atoms with Gasteiger partial charge in [-0.15, -0.1) is 0 Å². The van der Waals surface area contributed by atoms with Crippen molar-refractivity contribution in [3.63, 3.8) is 0 Å². The van der Waals surface area contributed by atoms with E-state index in [1.165, 1.54) is 31.2 Å². The minimum absolute atomic E-state index is 0.207. The van der Waals surface area contributed by atoms with Crippen LogP contribution in [0.4, 0.5) is 24.7 Å². The van der Waals surface area contributed by atoms with Crippen molar-refractivity contribution >= 4 is 22.4 Å². The SMILES string of the molecule is CC(NC1CCC(n2nc(Nc3ccc(C(F)(F)F)cc3)c3c(=O)[nH]ccc32)C(C#N)C1)C1CC1. The van der Waals surface area contributed by atoms with Crippen LogP contribution in [0.5, 0.6) is 0 Å². The summed E-state index contributed by atoms with van der Waals surface area (Å²) in [6.07, 6.45) is 1.95. The maximum Gasteiger partial charge on any atom is 0.416 e. The van der Waals surface area contributed by atoms with Crippen molar-refractivity contribution in [2.45, 2.75) is 63.3 Å². The Balaban J connectivity index is 1.42. The van der Waals surface area contributed by atoms with Gasteiger partial charge in [0.15, 0.2) is 5.82 Å². The second-order valence-electron chi connectivity index (χ2n) is 9.67. The summed E-state index contributed by atoms with van der Waals surface area (Å²) in [7, 11) is 0. The standard InChI is InChI=1S/C25H27F3N6O/c1-14(15-2-3-15)31-19-8-9-20(16(12-19)13-29)34-21-10-11-30-24(35)22(21)23(33-34)32-18-6-4-17(5-7-18)25(26,27)28/h4-7,10-11,14-16,19-20,31H,2-3,8-9,12H2,1H3,(H,30,35)(H,32,33). The van der Waals surface area contributed by atoms with E-state index < -0.39 is 11.7 Å². The van der Waals surface area contributed by atoms with Crippen LogP contribution in [-0.4, -0.2) is 26.8 Å². The highest BCUT2D eigenvalue weighted by Gasteiger charge is 2.36. The van der Waals surface area contributed by atoms with E-state index in [-0.39, 0.29) is 29.4 Å². The molecule has 2 aromatic heterocycles. The van der Waals surface area contributed by atoms with Crippen molar-refractivity contribution in [1.82, 2.24) is 20.1 Å². The number of hydrogen-bond acceptors (Lipinski definition) is 5. The molecule has 0 aliphatic heterocycles. The number of rotatable bonds is 6. The summed E-state index contributed by atoms with van der Waals surface area (Å²) in [5, 5.41) is 21.6. The number of anilines is 2. The topological polar surface area (TPSA) is 98.5 Å². The van der Waals surface area contributed by atoms with E-state index in [0.29, 0.717) is 29.1 Å². The molecule has 2 aliphatic rings. The number of halogens is 3. The molecular weight excluding hydrogens is 457 g/mol. The number of pyridine rings is 1. The molecule has 1 aromatic carbocycles. The maximum atomic E-state index is 12.9. The molecule has 0 radical (unpaired) electrons. The summed E-state index contributed by atoms with van der Waals surface area (Å²) in [6, 6.07) is 9.27. The molecule has 5 rings (SSSR count). The molecule has 184 valence electrons. The minimum Gasteiger partial charge on any atom is -0.338 e. The zero-order valence-corrected chi connectivity index (χ0v) is 19.3. The number of H-pyrrole nitrogens is 1. The molecular formula is C25H27F3N6O. The highest BCUT2D eigenvalue weighted by atomic mass is 19.4. The van der Waals surface area contributed by atoms with E-state index in [1.54, 1.807) is 10.7 Å². The van der Waals surface area contributed by atoms with E-state index in [9.17, 15) is 23.2 Å². The third kappa shape index (κ3) is 4.78. The Morgan fingerprint density at radius 3 is 2.57 bits per heavy atom. The lowest BCUT2D eigenvalue weighted by Gasteiger charge is -2.35. The van der Waals surface area contributed by atoms with Gasteiger partial charge in [0, 0.05) is 24.0 Å². The van der Waals surface area contributed by atoms with Crippen LogP contribution < -0.4 is 16.2 Å². The van der Waals surface area contributed by atoms with E-state index in [2.05, 4.69) is 33.7 Å². The van der Waals surface area contributed by atoms with Crippen molar-refractivity contribution in [2.75, 3.05) is 5.32 Å². The van der Waals surface area contributed by atoms with Crippen LogP contribution in [0.1, 0.15) is 50.6 Å². The predicted octanol–water partition coefficient (Wildman–Crippen LogP) is 5.11. The molecule has 0 spiro atoms. The van der Waals surface area contributed by atoms with Crippen LogP contribution in [0.15, 0.2) is 41.3 Å². The number of nitriles is 1. The van der Waals surface area contributed by atoms with Gasteiger partial charge in [0.25, 0.3) is 5.56 Å². The van der Waals surface area contributed by atoms with Gasteiger partial charge in [-0.2, -0.15) is 23.5 Å². The van der Waals surface area contributed by atoms with E-state index in [0.717, 1.165) is 30.9 Å². The third-order valence-electron chi connectivity index (χ3n) is 7.23. The van der Waals surface area contributed by atoms with Gasteiger partial charge in [0.05, 0.1) is 29.1 Å². The first kappa shape index (κ1) is 23.4. The smallest absolute Gasteiger partial charge is 0.338 e. The molecule has 4 atom stereocenters. The number of alkyl halides is 3. The lowest BCUT2D eigenvalue weighted by molar-refractivity contribution is -0.137. The summed E-state index contributed by atoms with van der Waals surface area (Å²) < 4.78 is 40.5. The third-order valence-corrected chi connectivity index (χ3v) is 7.23. The van der Waals surface area contributed by atoms with Gasteiger partial charge in [-0.3, -0.25) is 9.48 Å². The molecule has 4 unspecified atom stereocenters. The Bertz CT molecular complexity index is 1300. The number of aromatic nitrogens is 3. The molecule has 0 bridgehead atoms. The number of benzene rings is 1. The Labute approximate surface area is 200 Å². The maximum absolute atomic E-state index is 12.9. The summed E-state index contributed by atoms with van der Waals surface area (Å²) in [6.45, 7) is 2.21. The van der Waals surface area contributed by atoms with Crippen LogP contribution in [-0.2, 0) is 6.18 Å². The molecule has 7 nitrogen and oxygen atoms in total.